The van der Waals surface area contributed by atoms with Crippen LogP contribution in [0.1, 0.15) is 18.9 Å². The number of hydrogen-bond donors (Lipinski definition) is 0. The monoisotopic (exact) mass is 323 g/mol. The third-order valence-electron chi connectivity index (χ3n) is 2.77. The molecule has 0 radical (unpaired) electrons. The van der Waals surface area contributed by atoms with E-state index in [0.29, 0.717) is 4.90 Å². The van der Waals surface area contributed by atoms with E-state index in [-0.39, 0.29) is 24.8 Å². The maximum Gasteiger partial charge on any atom is 0.243 e. The van der Waals surface area contributed by atoms with Gasteiger partial charge in [0.25, 0.3) is 0 Å². The summed E-state index contributed by atoms with van der Waals surface area (Å²) in [7, 11) is -3.49. The van der Waals surface area contributed by atoms with Gasteiger partial charge in [-0.25, -0.2) is 8.42 Å². The van der Waals surface area contributed by atoms with Gasteiger partial charge in [0.15, 0.2) is 0 Å². The second-order valence-electron chi connectivity index (χ2n) is 4.18. The van der Waals surface area contributed by atoms with Crippen LogP contribution in [0.3, 0.4) is 0 Å². The molecule has 0 unspecified atom stereocenters. The molecule has 3 nitrogen and oxygen atoms in total. The molecule has 0 N–H and O–H groups in total. The number of benzene rings is 1. The van der Waals surface area contributed by atoms with Gasteiger partial charge in [0.2, 0.25) is 10.0 Å². The highest BCUT2D eigenvalue weighted by Crippen LogP contribution is 2.17. The summed E-state index contributed by atoms with van der Waals surface area (Å²) in [5, 5.41) is 0. The Labute approximate surface area is 125 Å². The summed E-state index contributed by atoms with van der Waals surface area (Å²) < 4.78 is 26.1. The molecule has 0 saturated heterocycles. The molecule has 0 amide bonds. The van der Waals surface area contributed by atoms with E-state index in [9.17, 15) is 8.42 Å². The van der Waals surface area contributed by atoms with Crippen LogP contribution in [0.25, 0.3) is 0 Å². The van der Waals surface area contributed by atoms with Crippen molar-refractivity contribution in [1.82, 2.24) is 4.31 Å². The lowest BCUT2D eigenvalue weighted by atomic mass is 10.1. The van der Waals surface area contributed by atoms with Crippen LogP contribution in [0, 0.1) is 0 Å². The minimum Gasteiger partial charge on any atom is -0.207 e. The van der Waals surface area contributed by atoms with Gasteiger partial charge < -0.3 is 0 Å². The predicted molar refractivity (Wildman–Crippen MR) is 80.6 cm³/mol. The van der Waals surface area contributed by atoms with Gasteiger partial charge in [0.05, 0.1) is 4.90 Å². The zero-order valence-electron chi connectivity index (χ0n) is 11.0. The summed E-state index contributed by atoms with van der Waals surface area (Å²) in [5.74, 6) is 0.508. The largest absolute Gasteiger partial charge is 0.243 e. The number of nitrogens with zero attached hydrogens (tertiary/aromatic N) is 1. The third-order valence-corrected chi connectivity index (χ3v) is 5.02. The van der Waals surface area contributed by atoms with Gasteiger partial charge in [0.1, 0.15) is 0 Å². The first-order chi connectivity index (χ1) is 9.06. The molecule has 0 spiro atoms. The number of hydrogen-bond acceptors (Lipinski definition) is 2. The smallest absolute Gasteiger partial charge is 0.207 e. The summed E-state index contributed by atoms with van der Waals surface area (Å²) in [6.45, 7) is 2.63. The molecule has 108 valence electrons. The van der Waals surface area contributed by atoms with Crippen molar-refractivity contribution < 1.29 is 8.42 Å². The lowest BCUT2D eigenvalue weighted by Gasteiger charge is -2.20. The molecule has 0 aliphatic carbocycles. The molecule has 19 heavy (non-hydrogen) atoms. The summed E-state index contributed by atoms with van der Waals surface area (Å²) in [6.07, 6.45) is 1.99. The van der Waals surface area contributed by atoms with Crippen molar-refractivity contribution in [3.05, 3.63) is 29.8 Å². The van der Waals surface area contributed by atoms with E-state index in [1.807, 2.05) is 12.1 Å². The standard InChI is InChI=1S/C13H19Cl2NO2S/c1-2-3-12-4-6-13(7-5-12)19(17,18)16(10-8-14)11-9-15/h4-7H,2-3,8-11H2,1H3. The highest BCUT2D eigenvalue weighted by Gasteiger charge is 2.23. The van der Waals surface area contributed by atoms with Crippen LogP contribution in [0.15, 0.2) is 29.2 Å². The Hall–Kier alpha value is -0.290. The Bertz CT molecular complexity index is 468. The third kappa shape index (κ3) is 4.63. The number of halogens is 2. The van der Waals surface area contributed by atoms with Crippen LogP contribution in [0.4, 0.5) is 0 Å². The van der Waals surface area contributed by atoms with Gasteiger partial charge in [-0.05, 0) is 24.1 Å². The minimum absolute atomic E-state index is 0.254. The second-order valence-corrected chi connectivity index (χ2v) is 6.87. The van der Waals surface area contributed by atoms with Crippen LogP contribution in [0.2, 0.25) is 0 Å². The lowest BCUT2D eigenvalue weighted by Crippen LogP contribution is -2.34. The number of sulfonamides is 1. The minimum atomic E-state index is -3.49. The molecule has 1 aromatic carbocycles. The zero-order chi connectivity index (χ0) is 14.3. The van der Waals surface area contributed by atoms with Gasteiger partial charge in [-0.3, -0.25) is 0 Å². The number of aryl methyl sites for hydroxylation is 1. The second kappa shape index (κ2) is 8.10. The van der Waals surface area contributed by atoms with Crippen molar-refractivity contribution in [2.45, 2.75) is 24.7 Å². The van der Waals surface area contributed by atoms with Crippen molar-refractivity contribution in [2.75, 3.05) is 24.8 Å². The van der Waals surface area contributed by atoms with E-state index in [4.69, 9.17) is 23.2 Å². The molecule has 0 saturated carbocycles. The highest BCUT2D eigenvalue weighted by molar-refractivity contribution is 7.89. The first kappa shape index (κ1) is 16.8. The Morgan fingerprint density at radius 1 is 1.05 bits per heavy atom. The average Bonchev–Trinajstić information content (AvgIpc) is 2.39. The quantitative estimate of drug-likeness (QED) is 0.689. The summed E-state index contributed by atoms with van der Waals surface area (Å²) >= 11 is 11.3. The average molecular weight is 324 g/mol. The van der Waals surface area contributed by atoms with Crippen LogP contribution < -0.4 is 0 Å². The van der Waals surface area contributed by atoms with E-state index < -0.39 is 10.0 Å². The van der Waals surface area contributed by atoms with Crippen LogP contribution >= 0.6 is 23.2 Å². The Balaban J connectivity index is 2.96. The topological polar surface area (TPSA) is 37.4 Å². The summed E-state index contributed by atoms with van der Waals surface area (Å²) in [5.41, 5.74) is 1.14. The first-order valence-corrected chi connectivity index (χ1v) is 8.78. The molecule has 0 aliphatic heterocycles. The molecule has 1 rings (SSSR count). The Morgan fingerprint density at radius 3 is 2.00 bits per heavy atom. The Kier molecular flexibility index (Phi) is 7.15. The van der Waals surface area contributed by atoms with E-state index in [0.717, 1.165) is 18.4 Å². The van der Waals surface area contributed by atoms with Gasteiger partial charge in [-0.2, -0.15) is 4.31 Å². The maximum atomic E-state index is 12.4. The van der Waals surface area contributed by atoms with Crippen LogP contribution in [-0.4, -0.2) is 37.6 Å². The van der Waals surface area contributed by atoms with Gasteiger partial charge >= 0.3 is 0 Å². The van der Waals surface area contributed by atoms with Gasteiger partial charge in [-0.1, -0.05) is 25.5 Å². The number of rotatable bonds is 8. The molecule has 0 fully saturated rings. The van der Waals surface area contributed by atoms with Crippen LogP contribution in [0.5, 0.6) is 0 Å². The number of alkyl halides is 2. The molecular formula is C13H19Cl2NO2S. The molecule has 0 atom stereocenters. The fourth-order valence-corrected chi connectivity index (χ4v) is 3.86. The van der Waals surface area contributed by atoms with Gasteiger partial charge in [-0.15, -0.1) is 23.2 Å². The van der Waals surface area contributed by atoms with Crippen molar-refractivity contribution >= 4 is 33.2 Å². The Morgan fingerprint density at radius 2 is 1.58 bits per heavy atom. The van der Waals surface area contributed by atoms with Crippen LogP contribution in [-0.2, 0) is 16.4 Å². The van der Waals surface area contributed by atoms with E-state index in [1.165, 1.54) is 4.31 Å². The van der Waals surface area contributed by atoms with Gasteiger partial charge in [0, 0.05) is 24.8 Å². The maximum absolute atomic E-state index is 12.4. The van der Waals surface area contributed by atoms with E-state index in [1.54, 1.807) is 12.1 Å². The normalized spacial score (nSPS) is 12.0. The fraction of sp³-hybridized carbons (Fsp3) is 0.538. The molecule has 0 aliphatic rings. The van der Waals surface area contributed by atoms with E-state index in [2.05, 4.69) is 6.92 Å². The zero-order valence-corrected chi connectivity index (χ0v) is 13.3. The van der Waals surface area contributed by atoms with Crippen molar-refractivity contribution in [3.63, 3.8) is 0 Å². The lowest BCUT2D eigenvalue weighted by molar-refractivity contribution is 0.448. The first-order valence-electron chi connectivity index (χ1n) is 6.27. The van der Waals surface area contributed by atoms with E-state index >= 15 is 0 Å². The molecule has 0 aromatic heterocycles. The van der Waals surface area contributed by atoms with Crippen molar-refractivity contribution in [3.8, 4) is 0 Å². The molecule has 6 heteroatoms. The summed E-state index contributed by atoms with van der Waals surface area (Å²) in [4.78, 5) is 0.294. The molecule has 0 bridgehead atoms. The van der Waals surface area contributed by atoms with Crippen molar-refractivity contribution in [1.29, 1.82) is 0 Å². The molecule has 0 heterocycles. The molecular weight excluding hydrogens is 305 g/mol. The predicted octanol–water partition coefficient (Wildman–Crippen LogP) is 3.11. The summed E-state index contributed by atoms with van der Waals surface area (Å²) in [6, 6.07) is 7.01. The van der Waals surface area contributed by atoms with Crippen molar-refractivity contribution in [2.24, 2.45) is 0 Å². The molecule has 1 aromatic rings. The fourth-order valence-electron chi connectivity index (χ4n) is 1.81. The highest BCUT2D eigenvalue weighted by atomic mass is 35.5. The SMILES string of the molecule is CCCc1ccc(S(=O)(=O)N(CCCl)CCCl)cc1.